The van der Waals surface area contributed by atoms with Crippen LogP contribution in [0.15, 0.2) is 66.5 Å². The van der Waals surface area contributed by atoms with E-state index in [9.17, 15) is 4.79 Å². The first-order valence-electron chi connectivity index (χ1n) is 7.71. The first-order valence-corrected chi connectivity index (χ1v) is 7.71. The minimum atomic E-state index is -0.370. The molecule has 0 aliphatic heterocycles. The highest BCUT2D eigenvalue weighted by Gasteiger charge is 2.30. The lowest BCUT2D eigenvalue weighted by Crippen LogP contribution is -2.26. The molecule has 1 unspecified atom stereocenters. The highest BCUT2D eigenvalue weighted by atomic mass is 16.5. The van der Waals surface area contributed by atoms with Crippen LogP contribution in [0.3, 0.4) is 0 Å². The van der Waals surface area contributed by atoms with Crippen LogP contribution in [0.5, 0.6) is 0 Å². The smallest absolute Gasteiger partial charge is 0.343 e. The minimum Gasteiger partial charge on any atom is -0.424 e. The first-order chi connectivity index (χ1) is 10.4. The zero-order valence-corrected chi connectivity index (χ0v) is 13.6. The zero-order chi connectivity index (χ0) is 16.2. The quantitative estimate of drug-likeness (QED) is 0.326. The first kappa shape index (κ1) is 16.3. The summed E-state index contributed by atoms with van der Waals surface area (Å²) >= 11 is 0. The van der Waals surface area contributed by atoms with Gasteiger partial charge in [0.1, 0.15) is 5.76 Å². The molecule has 1 aromatic rings. The van der Waals surface area contributed by atoms with Gasteiger partial charge in [-0.25, -0.2) is 4.79 Å². The van der Waals surface area contributed by atoms with Crippen LogP contribution in [-0.2, 0) is 4.74 Å². The predicted molar refractivity (Wildman–Crippen MR) is 90.4 cm³/mol. The molecule has 0 heterocycles. The molecule has 2 heteroatoms. The molecule has 1 aromatic carbocycles. The van der Waals surface area contributed by atoms with E-state index in [0.29, 0.717) is 17.2 Å². The van der Waals surface area contributed by atoms with E-state index in [1.807, 2.05) is 24.3 Å². The molecule has 0 fully saturated rings. The van der Waals surface area contributed by atoms with Gasteiger partial charge < -0.3 is 4.74 Å². The van der Waals surface area contributed by atoms with Crippen molar-refractivity contribution in [1.29, 1.82) is 0 Å². The topological polar surface area (TPSA) is 26.3 Å². The minimum absolute atomic E-state index is 0.221. The average Bonchev–Trinajstić information content (AvgIpc) is 2.47. The van der Waals surface area contributed by atoms with E-state index < -0.39 is 0 Å². The number of hydrogen-bond donors (Lipinski definition) is 0. The van der Waals surface area contributed by atoms with Crippen molar-refractivity contribution >= 4 is 5.97 Å². The molecule has 2 rings (SSSR count). The maximum Gasteiger partial charge on any atom is 0.343 e. The van der Waals surface area contributed by atoms with Gasteiger partial charge in [-0.1, -0.05) is 56.4 Å². The van der Waals surface area contributed by atoms with Crippen molar-refractivity contribution in [3.8, 4) is 0 Å². The summed E-state index contributed by atoms with van der Waals surface area (Å²) in [5.41, 5.74) is 2.12. The second kappa shape index (κ2) is 6.78. The normalized spacial score (nSPS) is 20.5. The summed E-state index contributed by atoms with van der Waals surface area (Å²) in [5.74, 6) is 0.363. The summed E-state index contributed by atoms with van der Waals surface area (Å²) in [6, 6.07) is 8.96. The summed E-state index contributed by atoms with van der Waals surface area (Å²) in [5, 5.41) is 0. The highest BCUT2D eigenvalue weighted by molar-refractivity contribution is 5.90. The van der Waals surface area contributed by atoms with Gasteiger partial charge in [-0.05, 0) is 43.4 Å². The largest absolute Gasteiger partial charge is 0.424 e. The van der Waals surface area contributed by atoms with Crippen molar-refractivity contribution in [2.75, 3.05) is 0 Å². The Morgan fingerprint density at radius 1 is 1.32 bits per heavy atom. The van der Waals surface area contributed by atoms with Gasteiger partial charge in [0.05, 0.1) is 5.56 Å². The molecule has 0 amide bonds. The molecule has 2 nitrogen and oxygen atoms in total. The molecule has 22 heavy (non-hydrogen) atoms. The number of carbonyl (C=O) groups is 1. The summed E-state index contributed by atoms with van der Waals surface area (Å²) in [7, 11) is 0. The third-order valence-corrected chi connectivity index (χ3v) is 4.30. The van der Waals surface area contributed by atoms with E-state index in [2.05, 4.69) is 39.5 Å². The van der Waals surface area contributed by atoms with Gasteiger partial charge in [0.15, 0.2) is 0 Å². The highest BCUT2D eigenvalue weighted by Crippen LogP contribution is 2.41. The van der Waals surface area contributed by atoms with Gasteiger partial charge in [0, 0.05) is 5.92 Å². The lowest BCUT2D eigenvalue weighted by atomic mass is 9.68. The molecule has 0 saturated carbocycles. The Bertz CT molecular complexity index is 606. The Kier molecular flexibility index (Phi) is 5.02. The number of hydrogen-bond acceptors (Lipinski definition) is 2. The molecule has 116 valence electrons. The molecule has 0 aromatic heterocycles. The molecule has 0 spiro atoms. The zero-order valence-electron chi connectivity index (χ0n) is 13.6. The Morgan fingerprint density at radius 3 is 2.64 bits per heavy atom. The monoisotopic (exact) mass is 296 g/mol. The summed E-state index contributed by atoms with van der Waals surface area (Å²) in [4.78, 5) is 12.0. The van der Waals surface area contributed by atoms with E-state index >= 15 is 0 Å². The Hall–Kier alpha value is -2.09. The number of ether oxygens (including phenoxy) is 1. The lowest BCUT2D eigenvalue weighted by molar-refractivity contribution is 0.0638. The fourth-order valence-corrected chi connectivity index (χ4v) is 2.97. The predicted octanol–water partition coefficient (Wildman–Crippen LogP) is 5.30. The average molecular weight is 296 g/mol. The van der Waals surface area contributed by atoms with Crippen LogP contribution in [0.4, 0.5) is 0 Å². The summed E-state index contributed by atoms with van der Waals surface area (Å²) in [6.45, 7) is 10.5. The van der Waals surface area contributed by atoms with E-state index in [1.54, 1.807) is 12.1 Å². The van der Waals surface area contributed by atoms with Crippen molar-refractivity contribution in [3.05, 3.63) is 72.0 Å². The molecule has 1 aliphatic carbocycles. The third kappa shape index (κ3) is 3.97. The van der Waals surface area contributed by atoms with Gasteiger partial charge in [0.25, 0.3) is 0 Å². The van der Waals surface area contributed by atoms with Gasteiger partial charge >= 0.3 is 5.97 Å². The van der Waals surface area contributed by atoms with Crippen LogP contribution in [-0.4, -0.2) is 5.97 Å². The van der Waals surface area contributed by atoms with Crippen LogP contribution in [0.25, 0.3) is 0 Å². The lowest BCUT2D eigenvalue weighted by Gasteiger charge is -2.36. The number of allylic oxidation sites excluding steroid dienone is 4. The van der Waals surface area contributed by atoms with Gasteiger partial charge in [-0.15, -0.1) is 0 Å². The molecule has 0 radical (unpaired) electrons. The third-order valence-electron chi connectivity index (χ3n) is 4.30. The van der Waals surface area contributed by atoms with Gasteiger partial charge in [0.2, 0.25) is 0 Å². The Labute approximate surface area is 133 Å². The van der Waals surface area contributed by atoms with Crippen LogP contribution in [0.1, 0.15) is 44.0 Å². The standard InChI is InChI=1S/C20H24O2/c1-15-9-8-14-20(3,4)18(15)13-12-16(2)22-19(21)17-10-6-5-7-11-17/h5-7,9-13,18H,2,8,14H2,1,3-4H3/b13-12+. The van der Waals surface area contributed by atoms with E-state index in [4.69, 9.17) is 4.74 Å². The molecule has 0 saturated heterocycles. The van der Waals surface area contributed by atoms with Crippen molar-refractivity contribution in [1.82, 2.24) is 0 Å². The fourth-order valence-electron chi connectivity index (χ4n) is 2.97. The van der Waals surface area contributed by atoms with Crippen molar-refractivity contribution in [2.24, 2.45) is 11.3 Å². The van der Waals surface area contributed by atoms with Crippen molar-refractivity contribution in [3.63, 3.8) is 0 Å². The molecule has 0 N–H and O–H groups in total. The van der Waals surface area contributed by atoms with Crippen LogP contribution in [0.2, 0.25) is 0 Å². The molecule has 0 bridgehead atoms. The fraction of sp³-hybridized carbons (Fsp3) is 0.350. The number of rotatable bonds is 4. The van der Waals surface area contributed by atoms with Crippen molar-refractivity contribution < 1.29 is 9.53 Å². The van der Waals surface area contributed by atoms with Gasteiger partial charge in [-0.2, -0.15) is 0 Å². The second-order valence-corrected chi connectivity index (χ2v) is 6.53. The Balaban J connectivity index is 2.01. The number of carbonyl (C=O) groups excluding carboxylic acids is 1. The summed E-state index contributed by atoms with van der Waals surface area (Å²) in [6.07, 6.45) is 8.50. The molecular formula is C20H24O2. The molecule has 1 atom stereocenters. The van der Waals surface area contributed by atoms with E-state index in [-0.39, 0.29) is 11.4 Å². The Morgan fingerprint density at radius 2 is 2.00 bits per heavy atom. The van der Waals surface area contributed by atoms with E-state index in [0.717, 1.165) is 12.8 Å². The maximum atomic E-state index is 12.0. The maximum absolute atomic E-state index is 12.0. The molecule has 1 aliphatic rings. The van der Waals surface area contributed by atoms with Crippen LogP contribution >= 0.6 is 0 Å². The van der Waals surface area contributed by atoms with Crippen LogP contribution < -0.4 is 0 Å². The van der Waals surface area contributed by atoms with Crippen molar-refractivity contribution in [2.45, 2.75) is 33.6 Å². The SMILES string of the molecule is C=C(/C=C/C1C(C)=CCCC1(C)C)OC(=O)c1ccccc1. The van der Waals surface area contributed by atoms with E-state index in [1.165, 1.54) is 5.57 Å². The second-order valence-electron chi connectivity index (χ2n) is 6.53. The summed E-state index contributed by atoms with van der Waals surface area (Å²) < 4.78 is 5.29. The van der Waals surface area contributed by atoms with Gasteiger partial charge in [-0.3, -0.25) is 0 Å². The number of esters is 1. The number of benzene rings is 1. The van der Waals surface area contributed by atoms with Crippen LogP contribution in [0, 0.1) is 11.3 Å². The molecular weight excluding hydrogens is 272 g/mol.